The SMILES string of the molecule is CCOc1cc(C2/C(=C(\O)c3ccc4c(c3)OCO4)C(=O)C(=O)N2CCCOC(C)C)ccc1OC. The number of aliphatic hydroxyl groups excluding tert-OH is 1. The predicted molar refractivity (Wildman–Crippen MR) is 131 cm³/mol. The van der Waals surface area contributed by atoms with E-state index in [1.807, 2.05) is 20.8 Å². The van der Waals surface area contributed by atoms with Gasteiger partial charge in [0, 0.05) is 18.7 Å². The number of nitrogens with zero attached hydrogens (tertiary/aromatic N) is 1. The van der Waals surface area contributed by atoms with Gasteiger partial charge in [0.15, 0.2) is 23.0 Å². The van der Waals surface area contributed by atoms with Crippen molar-refractivity contribution in [2.45, 2.75) is 39.3 Å². The van der Waals surface area contributed by atoms with Crippen LogP contribution in [-0.2, 0) is 14.3 Å². The maximum absolute atomic E-state index is 13.3. The zero-order chi connectivity index (χ0) is 25.8. The molecule has 1 saturated heterocycles. The number of fused-ring (bicyclic) bond motifs is 1. The van der Waals surface area contributed by atoms with Crippen molar-refractivity contribution >= 4 is 17.4 Å². The van der Waals surface area contributed by atoms with Crippen LogP contribution in [0.4, 0.5) is 0 Å². The summed E-state index contributed by atoms with van der Waals surface area (Å²) in [5.74, 6) is 0.289. The highest BCUT2D eigenvalue weighted by Crippen LogP contribution is 2.43. The van der Waals surface area contributed by atoms with Gasteiger partial charge in [0.05, 0.1) is 31.4 Å². The summed E-state index contributed by atoms with van der Waals surface area (Å²) in [4.78, 5) is 27.9. The van der Waals surface area contributed by atoms with E-state index in [2.05, 4.69) is 0 Å². The highest BCUT2D eigenvalue weighted by atomic mass is 16.7. The van der Waals surface area contributed by atoms with Gasteiger partial charge in [0.1, 0.15) is 5.76 Å². The second-order valence-corrected chi connectivity index (χ2v) is 8.68. The van der Waals surface area contributed by atoms with Crippen LogP contribution in [-0.4, -0.2) is 61.5 Å². The van der Waals surface area contributed by atoms with Crippen molar-refractivity contribution < 1.29 is 38.4 Å². The quantitative estimate of drug-likeness (QED) is 0.227. The van der Waals surface area contributed by atoms with Crippen LogP contribution in [0.1, 0.15) is 44.4 Å². The number of hydrogen-bond donors (Lipinski definition) is 1. The Morgan fingerprint density at radius 3 is 2.61 bits per heavy atom. The minimum Gasteiger partial charge on any atom is -0.507 e. The van der Waals surface area contributed by atoms with E-state index in [-0.39, 0.29) is 30.8 Å². The Bertz CT molecular complexity index is 1170. The van der Waals surface area contributed by atoms with E-state index in [1.54, 1.807) is 36.4 Å². The lowest BCUT2D eigenvalue weighted by molar-refractivity contribution is -0.140. The Balaban J connectivity index is 1.78. The molecular formula is C27H31NO8. The van der Waals surface area contributed by atoms with Crippen molar-refractivity contribution in [2.75, 3.05) is 33.7 Å². The molecule has 0 spiro atoms. The lowest BCUT2D eigenvalue weighted by Crippen LogP contribution is -2.31. The molecule has 4 rings (SSSR count). The van der Waals surface area contributed by atoms with Crippen LogP contribution in [0.3, 0.4) is 0 Å². The Labute approximate surface area is 210 Å². The average molecular weight is 498 g/mol. The summed E-state index contributed by atoms with van der Waals surface area (Å²) in [6.07, 6.45) is 0.581. The molecule has 1 unspecified atom stereocenters. The second kappa shape index (κ2) is 10.9. The molecular weight excluding hydrogens is 466 g/mol. The third kappa shape index (κ3) is 4.97. The molecule has 9 nitrogen and oxygen atoms in total. The Morgan fingerprint density at radius 2 is 1.89 bits per heavy atom. The standard InChI is InChI=1S/C27H31NO8/c1-5-33-21-13-17(7-9-19(21)32-4)24-23(25(29)18-8-10-20-22(14-18)36-15-35-20)26(30)27(31)28(24)11-6-12-34-16(2)3/h7-10,13-14,16,24,29H,5-6,11-12,15H2,1-4H3/b25-23+. The zero-order valence-corrected chi connectivity index (χ0v) is 20.9. The number of methoxy groups -OCH3 is 1. The summed E-state index contributed by atoms with van der Waals surface area (Å²) in [5.41, 5.74) is 0.964. The summed E-state index contributed by atoms with van der Waals surface area (Å²) in [6, 6.07) is 9.29. The molecule has 0 aromatic heterocycles. The monoisotopic (exact) mass is 497 g/mol. The van der Waals surface area contributed by atoms with E-state index in [0.717, 1.165) is 0 Å². The smallest absolute Gasteiger partial charge is 0.295 e. The van der Waals surface area contributed by atoms with E-state index in [0.29, 0.717) is 53.8 Å². The average Bonchev–Trinajstić information content (AvgIpc) is 3.43. The zero-order valence-electron chi connectivity index (χ0n) is 20.9. The minimum absolute atomic E-state index is 0.00346. The first-order valence-electron chi connectivity index (χ1n) is 12.0. The summed E-state index contributed by atoms with van der Waals surface area (Å²) in [6.45, 7) is 6.91. The number of likely N-dealkylation sites (tertiary alicyclic amines) is 1. The Hall–Kier alpha value is -3.72. The van der Waals surface area contributed by atoms with Gasteiger partial charge in [-0.2, -0.15) is 0 Å². The van der Waals surface area contributed by atoms with Gasteiger partial charge in [-0.25, -0.2) is 0 Å². The predicted octanol–water partition coefficient (Wildman–Crippen LogP) is 4.06. The van der Waals surface area contributed by atoms with Crippen molar-refractivity contribution in [3.8, 4) is 23.0 Å². The van der Waals surface area contributed by atoms with Crippen molar-refractivity contribution in [1.29, 1.82) is 0 Å². The highest BCUT2D eigenvalue weighted by Gasteiger charge is 2.46. The highest BCUT2D eigenvalue weighted by molar-refractivity contribution is 6.46. The summed E-state index contributed by atoms with van der Waals surface area (Å²) in [7, 11) is 1.54. The fourth-order valence-electron chi connectivity index (χ4n) is 4.34. The van der Waals surface area contributed by atoms with Crippen LogP contribution in [0.5, 0.6) is 23.0 Å². The summed E-state index contributed by atoms with van der Waals surface area (Å²) >= 11 is 0. The molecule has 2 aromatic rings. The van der Waals surface area contributed by atoms with Crippen LogP contribution in [0, 0.1) is 0 Å². The fraction of sp³-hybridized carbons (Fsp3) is 0.407. The number of benzene rings is 2. The van der Waals surface area contributed by atoms with Crippen LogP contribution in [0.15, 0.2) is 42.0 Å². The number of ether oxygens (including phenoxy) is 5. The molecule has 192 valence electrons. The van der Waals surface area contributed by atoms with Crippen molar-refractivity contribution in [1.82, 2.24) is 4.90 Å². The van der Waals surface area contributed by atoms with Crippen LogP contribution < -0.4 is 18.9 Å². The topological polar surface area (TPSA) is 104 Å². The fourth-order valence-corrected chi connectivity index (χ4v) is 4.34. The van der Waals surface area contributed by atoms with Gasteiger partial charge < -0.3 is 33.7 Å². The van der Waals surface area contributed by atoms with E-state index in [4.69, 9.17) is 23.7 Å². The number of hydrogen-bond acceptors (Lipinski definition) is 8. The molecule has 36 heavy (non-hydrogen) atoms. The van der Waals surface area contributed by atoms with Gasteiger partial charge in [-0.05, 0) is 63.1 Å². The van der Waals surface area contributed by atoms with Gasteiger partial charge in [-0.1, -0.05) is 6.07 Å². The summed E-state index contributed by atoms with van der Waals surface area (Å²) in [5, 5.41) is 11.3. The van der Waals surface area contributed by atoms with Crippen molar-refractivity contribution in [2.24, 2.45) is 0 Å². The number of carbonyl (C=O) groups excluding carboxylic acids is 2. The molecule has 2 aliphatic rings. The minimum atomic E-state index is -0.820. The molecule has 0 bridgehead atoms. The molecule has 9 heteroatoms. The van der Waals surface area contributed by atoms with Crippen LogP contribution in [0.25, 0.3) is 5.76 Å². The number of rotatable bonds is 10. The molecule has 0 saturated carbocycles. The van der Waals surface area contributed by atoms with Gasteiger partial charge in [0.2, 0.25) is 6.79 Å². The van der Waals surface area contributed by atoms with Gasteiger partial charge in [-0.15, -0.1) is 0 Å². The molecule has 2 aliphatic heterocycles. The summed E-state index contributed by atoms with van der Waals surface area (Å²) < 4.78 is 27.5. The molecule has 2 aromatic carbocycles. The third-order valence-electron chi connectivity index (χ3n) is 5.98. The van der Waals surface area contributed by atoms with E-state index in [9.17, 15) is 14.7 Å². The van der Waals surface area contributed by atoms with Gasteiger partial charge in [-0.3, -0.25) is 9.59 Å². The molecule has 1 fully saturated rings. The first-order valence-corrected chi connectivity index (χ1v) is 12.0. The largest absolute Gasteiger partial charge is 0.507 e. The lowest BCUT2D eigenvalue weighted by Gasteiger charge is -2.26. The normalized spacial score (nSPS) is 18.2. The van der Waals surface area contributed by atoms with Gasteiger partial charge >= 0.3 is 0 Å². The van der Waals surface area contributed by atoms with Crippen molar-refractivity contribution in [3.63, 3.8) is 0 Å². The molecule has 0 radical (unpaired) electrons. The molecule has 1 N–H and O–H groups in total. The maximum Gasteiger partial charge on any atom is 0.295 e. The van der Waals surface area contributed by atoms with Crippen LogP contribution in [0.2, 0.25) is 0 Å². The first-order chi connectivity index (χ1) is 17.3. The number of aliphatic hydroxyl groups is 1. The second-order valence-electron chi connectivity index (χ2n) is 8.68. The van der Waals surface area contributed by atoms with E-state index < -0.39 is 17.7 Å². The molecule has 1 atom stereocenters. The maximum atomic E-state index is 13.3. The molecule has 1 amide bonds. The van der Waals surface area contributed by atoms with Gasteiger partial charge in [0.25, 0.3) is 11.7 Å². The molecule has 2 heterocycles. The Morgan fingerprint density at radius 1 is 1.11 bits per heavy atom. The first kappa shape index (κ1) is 25.4. The third-order valence-corrected chi connectivity index (χ3v) is 5.98. The van der Waals surface area contributed by atoms with Crippen LogP contribution >= 0.6 is 0 Å². The Kier molecular flexibility index (Phi) is 7.69. The number of ketones is 1. The number of carbonyl (C=O) groups is 2. The number of amides is 1. The van der Waals surface area contributed by atoms with E-state index in [1.165, 1.54) is 12.0 Å². The van der Waals surface area contributed by atoms with Crippen molar-refractivity contribution in [3.05, 3.63) is 53.1 Å². The lowest BCUT2D eigenvalue weighted by atomic mass is 9.94. The molecule has 0 aliphatic carbocycles. The van der Waals surface area contributed by atoms with E-state index >= 15 is 0 Å². The number of Topliss-reactive ketones (excluding diaryl/α,β-unsaturated/α-hetero) is 1.